The lowest BCUT2D eigenvalue weighted by molar-refractivity contribution is -0.129. The lowest BCUT2D eigenvalue weighted by Crippen LogP contribution is -2.29. The van der Waals surface area contributed by atoms with Gasteiger partial charge >= 0.3 is 0 Å². The zero-order chi connectivity index (χ0) is 28.5. The van der Waals surface area contributed by atoms with Gasteiger partial charge in [0.25, 0.3) is 11.1 Å². The summed E-state index contributed by atoms with van der Waals surface area (Å²) < 4.78 is 3.02. The predicted octanol–water partition coefficient (Wildman–Crippen LogP) is 1.86. The van der Waals surface area contributed by atoms with E-state index in [1.807, 2.05) is 48.5 Å². The van der Waals surface area contributed by atoms with E-state index >= 15 is 0 Å². The highest BCUT2D eigenvalue weighted by Crippen LogP contribution is 2.10. The van der Waals surface area contributed by atoms with Crippen LogP contribution >= 0.6 is 0 Å². The smallest absolute Gasteiger partial charge is 0.253 e. The first kappa shape index (κ1) is 27.9. The van der Waals surface area contributed by atoms with Crippen LogP contribution in [-0.2, 0) is 35.6 Å². The fourth-order valence-corrected chi connectivity index (χ4v) is 3.95. The maximum absolute atomic E-state index is 12.8. The Hall–Kier alpha value is -5.12. The van der Waals surface area contributed by atoms with Gasteiger partial charge in [0.2, 0.25) is 11.8 Å². The molecule has 2 aromatic heterocycles. The molecule has 2 heterocycles. The summed E-state index contributed by atoms with van der Waals surface area (Å²) in [6, 6.07) is 17.9. The molecule has 40 heavy (non-hydrogen) atoms. The van der Waals surface area contributed by atoms with Crippen LogP contribution in [-0.4, -0.2) is 49.9 Å². The fraction of sp³-hybridized carbons (Fsp3) is 0.200. The molecule has 0 atom stereocenters. The van der Waals surface area contributed by atoms with Crippen LogP contribution in [0, 0.1) is 0 Å². The Balaban J connectivity index is 1.31. The zero-order valence-electron chi connectivity index (χ0n) is 22.4. The van der Waals surface area contributed by atoms with Crippen LogP contribution in [0.2, 0.25) is 0 Å². The Morgan fingerprint density at radius 3 is 2.12 bits per heavy atom. The number of rotatable bonds is 10. The molecule has 0 fully saturated rings. The van der Waals surface area contributed by atoms with Crippen molar-refractivity contribution in [1.29, 1.82) is 0 Å². The van der Waals surface area contributed by atoms with Crippen molar-refractivity contribution in [3.8, 4) is 0 Å². The average Bonchev–Trinajstić information content (AvgIpc) is 2.96. The van der Waals surface area contributed by atoms with Gasteiger partial charge in [-0.3, -0.25) is 28.3 Å². The largest absolute Gasteiger partial charge is 0.356 e. The summed E-state index contributed by atoms with van der Waals surface area (Å²) in [5.41, 5.74) is 3.73. The first-order valence-corrected chi connectivity index (χ1v) is 12.7. The van der Waals surface area contributed by atoms with Crippen LogP contribution in [0.4, 0.5) is 0 Å². The third-order valence-electron chi connectivity index (χ3n) is 6.29. The van der Waals surface area contributed by atoms with Gasteiger partial charge in [-0.15, -0.1) is 0 Å². The first-order valence-electron chi connectivity index (χ1n) is 12.7. The molecule has 4 rings (SSSR count). The molecule has 0 aliphatic carbocycles. The predicted molar refractivity (Wildman–Crippen MR) is 151 cm³/mol. The van der Waals surface area contributed by atoms with Crippen molar-refractivity contribution in [3.63, 3.8) is 0 Å². The number of amides is 2. The summed E-state index contributed by atoms with van der Waals surface area (Å²) in [4.78, 5) is 58.6. The Kier molecular flexibility index (Phi) is 9.14. The number of benzene rings is 2. The summed E-state index contributed by atoms with van der Waals surface area (Å²) in [5.74, 6) is -0.284. The highest BCUT2D eigenvalue weighted by atomic mass is 16.2. The van der Waals surface area contributed by atoms with Crippen LogP contribution in [0.3, 0.4) is 0 Å². The second-order valence-electron chi connectivity index (χ2n) is 9.33. The molecule has 0 radical (unpaired) electrons. The summed E-state index contributed by atoms with van der Waals surface area (Å²) >= 11 is 0. The maximum Gasteiger partial charge on any atom is 0.253 e. The molecule has 0 unspecified atom stereocenters. The van der Waals surface area contributed by atoms with Gasteiger partial charge in [0, 0.05) is 38.5 Å². The third-order valence-corrected chi connectivity index (χ3v) is 6.29. The highest BCUT2D eigenvalue weighted by molar-refractivity contribution is 5.91. The van der Waals surface area contributed by atoms with E-state index < -0.39 is 0 Å². The first-order chi connectivity index (χ1) is 19.3. The molecule has 0 bridgehead atoms. The van der Waals surface area contributed by atoms with Crippen molar-refractivity contribution in [3.05, 3.63) is 134 Å². The van der Waals surface area contributed by atoms with Crippen LogP contribution in [0.25, 0.3) is 6.08 Å². The normalized spacial score (nSPS) is 10.9. The number of likely N-dealkylation sites (N-methyl/N-ethyl adjacent to an activating group) is 2. The number of hydrogen-bond donors (Lipinski definition) is 1. The number of carbonyl (C=O) groups is 2. The molecule has 4 aromatic rings. The van der Waals surface area contributed by atoms with Gasteiger partial charge in [-0.1, -0.05) is 48.5 Å². The minimum absolute atomic E-state index is 0.104. The lowest BCUT2D eigenvalue weighted by atomic mass is 10.1. The highest BCUT2D eigenvalue weighted by Gasteiger charge is 2.12. The third kappa shape index (κ3) is 7.70. The molecule has 0 aliphatic heterocycles. The van der Waals surface area contributed by atoms with Crippen molar-refractivity contribution in [1.82, 2.24) is 29.3 Å². The molecule has 10 nitrogen and oxygen atoms in total. The van der Waals surface area contributed by atoms with E-state index in [2.05, 4.69) is 15.3 Å². The van der Waals surface area contributed by atoms with E-state index in [0.717, 1.165) is 22.3 Å². The van der Waals surface area contributed by atoms with E-state index in [1.165, 1.54) is 46.2 Å². The molecule has 2 aromatic carbocycles. The molecule has 1 N–H and O–H groups in total. The maximum atomic E-state index is 12.8. The molecule has 0 saturated carbocycles. The fourth-order valence-electron chi connectivity index (χ4n) is 3.95. The topological polar surface area (TPSA) is 119 Å². The van der Waals surface area contributed by atoms with E-state index in [1.54, 1.807) is 25.1 Å². The van der Waals surface area contributed by atoms with Crippen molar-refractivity contribution < 1.29 is 9.59 Å². The van der Waals surface area contributed by atoms with E-state index in [4.69, 9.17) is 0 Å². The van der Waals surface area contributed by atoms with Gasteiger partial charge in [-0.2, -0.15) is 0 Å². The second kappa shape index (κ2) is 13.1. The quantitative estimate of drug-likeness (QED) is 0.308. The van der Waals surface area contributed by atoms with Crippen LogP contribution in [0.5, 0.6) is 0 Å². The molecular formula is C30H30N6O4. The van der Waals surface area contributed by atoms with Crippen LogP contribution in [0.15, 0.2) is 95.2 Å². The number of carbonyl (C=O) groups excluding carboxylic acids is 2. The zero-order valence-corrected chi connectivity index (χ0v) is 22.4. The Morgan fingerprint density at radius 1 is 0.875 bits per heavy atom. The van der Waals surface area contributed by atoms with Gasteiger partial charge in [0.05, 0.1) is 44.4 Å². The SMILES string of the molecule is CNC(=O)/C=C/c1ccc(Cn2cnc(CN(C)C(=O)Cc3ccc(Cn4cnccc4=O)cc3)cc2=O)cc1. The number of aromatic nitrogens is 4. The van der Waals surface area contributed by atoms with E-state index in [-0.39, 0.29) is 35.9 Å². The van der Waals surface area contributed by atoms with Crippen molar-refractivity contribution in [2.45, 2.75) is 26.1 Å². The van der Waals surface area contributed by atoms with Gasteiger partial charge in [-0.05, 0) is 28.3 Å². The van der Waals surface area contributed by atoms with Crippen molar-refractivity contribution >= 4 is 17.9 Å². The van der Waals surface area contributed by atoms with E-state index in [0.29, 0.717) is 18.8 Å². The number of nitrogens with one attached hydrogen (secondary N) is 1. The minimum atomic E-state index is -0.210. The summed E-state index contributed by atoms with van der Waals surface area (Å²) in [5, 5.41) is 2.53. The second-order valence-corrected chi connectivity index (χ2v) is 9.33. The Labute approximate surface area is 231 Å². The van der Waals surface area contributed by atoms with Crippen LogP contribution in [0.1, 0.15) is 27.9 Å². The van der Waals surface area contributed by atoms with Crippen molar-refractivity contribution in [2.24, 2.45) is 0 Å². The molecular weight excluding hydrogens is 508 g/mol. The molecule has 204 valence electrons. The summed E-state index contributed by atoms with van der Waals surface area (Å²) in [7, 11) is 3.25. The van der Waals surface area contributed by atoms with Gasteiger partial charge < -0.3 is 10.2 Å². The molecule has 0 saturated heterocycles. The van der Waals surface area contributed by atoms with Gasteiger partial charge in [-0.25, -0.2) is 9.97 Å². The van der Waals surface area contributed by atoms with Crippen LogP contribution < -0.4 is 16.4 Å². The molecule has 0 spiro atoms. The van der Waals surface area contributed by atoms with Gasteiger partial charge in [0.1, 0.15) is 0 Å². The Morgan fingerprint density at radius 2 is 1.50 bits per heavy atom. The van der Waals surface area contributed by atoms with Crippen molar-refractivity contribution in [2.75, 3.05) is 14.1 Å². The standard InChI is InChI=1S/C30H30N6O4/c1-31-27(37)12-11-22-3-7-24(8-4-22)18-36-21-33-26(16-30(36)40)19-34(2)29(39)15-23-5-9-25(10-6-23)17-35-20-32-14-13-28(35)38/h3-14,16,20-21H,15,17-19H2,1-2H3,(H,31,37)/b12-11+. The Bertz CT molecular complexity index is 1620. The molecule has 2 amide bonds. The van der Waals surface area contributed by atoms with E-state index in [9.17, 15) is 19.2 Å². The minimum Gasteiger partial charge on any atom is -0.356 e. The average molecular weight is 539 g/mol. The molecule has 10 heteroatoms. The monoisotopic (exact) mass is 538 g/mol. The van der Waals surface area contributed by atoms with Gasteiger partial charge in [0.15, 0.2) is 0 Å². The summed E-state index contributed by atoms with van der Waals surface area (Å²) in [6.45, 7) is 0.967. The number of nitrogens with zero attached hydrogens (tertiary/aromatic N) is 5. The lowest BCUT2D eigenvalue weighted by Gasteiger charge is -2.17. The molecule has 0 aliphatic rings. The summed E-state index contributed by atoms with van der Waals surface area (Å²) in [6.07, 6.45) is 7.81. The number of hydrogen-bond acceptors (Lipinski definition) is 6.